The molecular weight excluding hydrogens is 218 g/mol. The maximum Gasteiger partial charge on any atom is 0.362 e. The first kappa shape index (κ1) is 10.9. The summed E-state index contributed by atoms with van der Waals surface area (Å²) in [6.45, 7) is 1.99. The smallest absolute Gasteiger partial charge is 0.274 e. The number of nitrogens with one attached hydrogen (secondary N) is 1. The van der Waals surface area contributed by atoms with E-state index in [1.54, 1.807) is 0 Å². The Kier molecular flexibility index (Phi) is 2.72. The summed E-state index contributed by atoms with van der Waals surface area (Å²) in [5.41, 5.74) is 0. The molecule has 2 fully saturated rings. The number of amides is 1. The fourth-order valence-corrected chi connectivity index (χ4v) is 2.58. The molecule has 1 amide bonds. The van der Waals surface area contributed by atoms with Gasteiger partial charge in [-0.3, -0.25) is 8.98 Å². The molecule has 0 unspecified atom stereocenters. The Hall–Kier alpha value is -0.620. The van der Waals surface area contributed by atoms with Crippen molar-refractivity contribution in [1.29, 1.82) is 0 Å². The molecule has 0 aromatic heterocycles. The zero-order valence-electron chi connectivity index (χ0n) is 8.60. The number of hydrogen-bond donors (Lipinski definition) is 1. The summed E-state index contributed by atoms with van der Waals surface area (Å²) in [7, 11) is -3.85. The van der Waals surface area contributed by atoms with Gasteiger partial charge < -0.3 is 0 Å². The van der Waals surface area contributed by atoms with E-state index in [4.69, 9.17) is 4.18 Å². The van der Waals surface area contributed by atoms with Gasteiger partial charge in [-0.05, 0) is 25.2 Å². The van der Waals surface area contributed by atoms with Crippen molar-refractivity contribution in [2.45, 2.75) is 38.7 Å². The molecule has 2 saturated carbocycles. The average Bonchev–Trinajstić information content (AvgIpc) is 2.95. The zero-order valence-corrected chi connectivity index (χ0v) is 9.42. The van der Waals surface area contributed by atoms with Gasteiger partial charge in [-0.2, -0.15) is 8.42 Å². The molecule has 2 aliphatic rings. The van der Waals surface area contributed by atoms with Gasteiger partial charge in [0.1, 0.15) is 0 Å². The summed E-state index contributed by atoms with van der Waals surface area (Å²) in [6, 6.07) is 0. The lowest BCUT2D eigenvalue weighted by atomic mass is 10.2. The largest absolute Gasteiger partial charge is 0.362 e. The highest BCUT2D eigenvalue weighted by atomic mass is 32.2. The molecule has 2 rings (SSSR count). The highest BCUT2D eigenvalue weighted by Gasteiger charge is 2.43. The van der Waals surface area contributed by atoms with Crippen molar-refractivity contribution in [1.82, 2.24) is 4.72 Å². The monoisotopic (exact) mass is 233 g/mol. The van der Waals surface area contributed by atoms with Crippen LogP contribution in [0.1, 0.15) is 32.6 Å². The van der Waals surface area contributed by atoms with Gasteiger partial charge in [0.2, 0.25) is 5.91 Å². The summed E-state index contributed by atoms with van der Waals surface area (Å²) in [4.78, 5) is 11.4. The van der Waals surface area contributed by atoms with E-state index in [1.807, 2.05) is 11.6 Å². The summed E-state index contributed by atoms with van der Waals surface area (Å²) < 4.78 is 29.2. The van der Waals surface area contributed by atoms with Crippen LogP contribution in [-0.4, -0.2) is 20.4 Å². The first-order chi connectivity index (χ1) is 7.02. The van der Waals surface area contributed by atoms with Crippen LogP contribution < -0.4 is 4.72 Å². The summed E-state index contributed by atoms with van der Waals surface area (Å²) in [5, 5.41) is 0. The van der Waals surface area contributed by atoms with Crippen LogP contribution in [0.5, 0.6) is 0 Å². The maximum atomic E-state index is 11.4. The number of carbonyl (C=O) groups is 1. The molecule has 86 valence electrons. The number of rotatable bonds is 5. The molecule has 0 spiro atoms. The van der Waals surface area contributed by atoms with Crippen LogP contribution in [0, 0.1) is 11.8 Å². The van der Waals surface area contributed by atoms with E-state index < -0.39 is 16.2 Å². The van der Waals surface area contributed by atoms with Crippen LogP contribution in [0.4, 0.5) is 0 Å². The van der Waals surface area contributed by atoms with E-state index >= 15 is 0 Å². The van der Waals surface area contributed by atoms with E-state index in [-0.39, 0.29) is 12.0 Å². The van der Waals surface area contributed by atoms with Gasteiger partial charge in [0.05, 0.1) is 6.10 Å². The van der Waals surface area contributed by atoms with Gasteiger partial charge in [-0.25, -0.2) is 4.72 Å². The van der Waals surface area contributed by atoms with Crippen molar-refractivity contribution in [2.24, 2.45) is 11.8 Å². The molecule has 15 heavy (non-hydrogen) atoms. The number of hydrogen-bond acceptors (Lipinski definition) is 4. The first-order valence-electron chi connectivity index (χ1n) is 5.26. The van der Waals surface area contributed by atoms with Crippen molar-refractivity contribution in [3.8, 4) is 0 Å². The van der Waals surface area contributed by atoms with Crippen LogP contribution in [0.25, 0.3) is 0 Å². The van der Waals surface area contributed by atoms with Crippen molar-refractivity contribution < 1.29 is 17.4 Å². The molecule has 2 atom stereocenters. The molecule has 0 aromatic carbocycles. The van der Waals surface area contributed by atoms with Crippen LogP contribution >= 0.6 is 0 Å². The molecule has 0 heterocycles. The minimum absolute atomic E-state index is 0.132. The Bertz CT molecular complexity index is 360. The van der Waals surface area contributed by atoms with Crippen molar-refractivity contribution in [3.63, 3.8) is 0 Å². The highest BCUT2D eigenvalue weighted by molar-refractivity contribution is 7.85. The Morgan fingerprint density at radius 1 is 1.47 bits per heavy atom. The van der Waals surface area contributed by atoms with E-state index in [2.05, 4.69) is 0 Å². The predicted octanol–water partition coefficient (Wildman–Crippen LogP) is 0.573. The third-order valence-electron chi connectivity index (χ3n) is 2.80. The van der Waals surface area contributed by atoms with Crippen molar-refractivity contribution in [2.75, 3.05) is 0 Å². The normalized spacial score (nSPS) is 29.9. The molecule has 5 nitrogen and oxygen atoms in total. The van der Waals surface area contributed by atoms with Gasteiger partial charge >= 0.3 is 10.3 Å². The average molecular weight is 233 g/mol. The van der Waals surface area contributed by atoms with Gasteiger partial charge in [0.15, 0.2) is 0 Å². The Balaban J connectivity index is 1.82. The fourth-order valence-electron chi connectivity index (χ4n) is 1.59. The summed E-state index contributed by atoms with van der Waals surface area (Å²) in [6.07, 6.45) is 3.02. The molecule has 0 bridgehead atoms. The van der Waals surface area contributed by atoms with Gasteiger partial charge in [0, 0.05) is 5.92 Å². The molecule has 0 aromatic rings. The molecule has 0 radical (unpaired) electrons. The second kappa shape index (κ2) is 3.75. The molecular formula is C9H15NO4S. The summed E-state index contributed by atoms with van der Waals surface area (Å²) >= 11 is 0. The van der Waals surface area contributed by atoms with E-state index in [0.29, 0.717) is 5.92 Å². The fraction of sp³-hybridized carbons (Fsp3) is 0.889. The lowest BCUT2D eigenvalue weighted by Crippen LogP contribution is -2.34. The zero-order chi connectivity index (χ0) is 11.1. The Labute approximate surface area is 89.4 Å². The van der Waals surface area contributed by atoms with Crippen molar-refractivity contribution in [3.05, 3.63) is 0 Å². The Morgan fingerprint density at radius 3 is 2.60 bits per heavy atom. The molecule has 0 saturated heterocycles. The predicted molar refractivity (Wildman–Crippen MR) is 53.1 cm³/mol. The lowest BCUT2D eigenvalue weighted by molar-refractivity contribution is -0.121. The van der Waals surface area contributed by atoms with E-state index in [0.717, 1.165) is 25.7 Å². The van der Waals surface area contributed by atoms with Crippen molar-refractivity contribution >= 4 is 16.2 Å². The van der Waals surface area contributed by atoms with Gasteiger partial charge in [0.25, 0.3) is 0 Å². The number of carbonyl (C=O) groups excluding carboxylic acids is 1. The molecule has 6 heteroatoms. The van der Waals surface area contributed by atoms with Crippen LogP contribution in [0.2, 0.25) is 0 Å². The second-order valence-electron chi connectivity index (χ2n) is 4.23. The van der Waals surface area contributed by atoms with Gasteiger partial charge in [-0.15, -0.1) is 0 Å². The quantitative estimate of drug-likeness (QED) is 0.753. The first-order valence-corrected chi connectivity index (χ1v) is 6.67. The van der Waals surface area contributed by atoms with Crippen LogP contribution in [0.3, 0.4) is 0 Å². The lowest BCUT2D eigenvalue weighted by Gasteiger charge is -2.05. The SMILES string of the molecule is CC[C@@H]1C[C@@H]1C(=O)NS(=O)(=O)OC1CC1. The van der Waals surface area contributed by atoms with E-state index in [1.165, 1.54) is 0 Å². The Morgan fingerprint density at radius 2 is 2.13 bits per heavy atom. The summed E-state index contributed by atoms with van der Waals surface area (Å²) in [5.74, 6) is -0.198. The standard InChI is InChI=1S/C9H15NO4S/c1-2-6-5-8(6)9(11)10-15(12,13)14-7-3-4-7/h6-8H,2-5H2,1H3,(H,10,11)/t6-,8+/m1/s1. The molecule has 0 aliphatic heterocycles. The molecule has 1 N–H and O–H groups in total. The van der Waals surface area contributed by atoms with Gasteiger partial charge in [-0.1, -0.05) is 13.3 Å². The minimum atomic E-state index is -3.85. The maximum absolute atomic E-state index is 11.4. The third-order valence-corrected chi connectivity index (χ3v) is 3.77. The van der Waals surface area contributed by atoms with Crippen LogP contribution in [0.15, 0.2) is 0 Å². The highest BCUT2D eigenvalue weighted by Crippen LogP contribution is 2.41. The topological polar surface area (TPSA) is 72.5 Å². The second-order valence-corrected chi connectivity index (χ2v) is 5.53. The third kappa shape index (κ3) is 2.92. The van der Waals surface area contributed by atoms with E-state index in [9.17, 15) is 13.2 Å². The molecule has 2 aliphatic carbocycles. The van der Waals surface area contributed by atoms with Crippen LogP contribution in [-0.2, 0) is 19.3 Å². The minimum Gasteiger partial charge on any atom is -0.274 e.